The summed E-state index contributed by atoms with van der Waals surface area (Å²) in [6, 6.07) is 17.2. The Hall–Kier alpha value is -2.30. The van der Waals surface area contributed by atoms with Gasteiger partial charge in [-0.05, 0) is 35.7 Å². The van der Waals surface area contributed by atoms with E-state index in [2.05, 4.69) is 22.4 Å². The minimum absolute atomic E-state index is 0.135. The highest BCUT2D eigenvalue weighted by Crippen LogP contribution is 2.34. The van der Waals surface area contributed by atoms with E-state index in [1.807, 2.05) is 30.3 Å². The van der Waals surface area contributed by atoms with Gasteiger partial charge in [-0.15, -0.1) is 0 Å². The Kier molecular flexibility index (Phi) is 4.72. The molecule has 4 heteroatoms. The molecule has 0 radical (unpaired) electrons. The molecule has 1 aliphatic heterocycles. The lowest BCUT2D eigenvalue weighted by Gasteiger charge is -2.19. The minimum atomic E-state index is -0.219. The molecular weight excluding hydrogens is 315 g/mol. The van der Waals surface area contributed by atoms with Gasteiger partial charge in [-0.2, -0.15) is 0 Å². The number of benzene rings is 2. The van der Waals surface area contributed by atoms with Crippen LogP contribution in [-0.2, 0) is 11.3 Å². The number of rotatable bonds is 5. The van der Waals surface area contributed by atoms with Gasteiger partial charge in [0.05, 0.1) is 11.6 Å². The van der Waals surface area contributed by atoms with Gasteiger partial charge in [-0.25, -0.2) is 4.39 Å². The third kappa shape index (κ3) is 3.55. The van der Waals surface area contributed by atoms with Crippen LogP contribution < -0.4 is 5.32 Å². The van der Waals surface area contributed by atoms with E-state index in [0.717, 1.165) is 36.0 Å². The first kappa shape index (κ1) is 16.2. The number of fused-ring (bicyclic) bond motifs is 1. The van der Waals surface area contributed by atoms with Gasteiger partial charge in [0.2, 0.25) is 0 Å². The van der Waals surface area contributed by atoms with Crippen LogP contribution in [0.5, 0.6) is 0 Å². The van der Waals surface area contributed by atoms with Crippen LogP contribution in [0.2, 0.25) is 0 Å². The van der Waals surface area contributed by atoms with Gasteiger partial charge in [0, 0.05) is 37.2 Å². The van der Waals surface area contributed by atoms with Gasteiger partial charge in [-0.3, -0.25) is 4.98 Å². The Morgan fingerprint density at radius 2 is 2.00 bits per heavy atom. The lowest BCUT2D eigenvalue weighted by atomic mass is 9.95. The van der Waals surface area contributed by atoms with Crippen LogP contribution in [0.4, 0.5) is 4.39 Å². The first-order chi connectivity index (χ1) is 12.3. The molecule has 4 rings (SSSR count). The molecule has 2 atom stereocenters. The summed E-state index contributed by atoms with van der Waals surface area (Å²) in [5.41, 5.74) is 2.98. The normalized spacial score (nSPS) is 20.2. The Balaban J connectivity index is 1.44. The summed E-state index contributed by atoms with van der Waals surface area (Å²) < 4.78 is 19.8. The molecule has 1 fully saturated rings. The van der Waals surface area contributed by atoms with E-state index in [1.165, 1.54) is 11.6 Å². The molecule has 128 valence electrons. The van der Waals surface area contributed by atoms with Crippen LogP contribution >= 0.6 is 0 Å². The highest BCUT2D eigenvalue weighted by Gasteiger charge is 2.29. The van der Waals surface area contributed by atoms with Gasteiger partial charge in [0.25, 0.3) is 0 Å². The summed E-state index contributed by atoms with van der Waals surface area (Å²) in [6.45, 7) is 2.23. The molecule has 0 saturated carbocycles. The number of nitrogens with one attached hydrogen (secondary N) is 1. The van der Waals surface area contributed by atoms with Gasteiger partial charge < -0.3 is 10.1 Å². The maximum Gasteiger partial charge on any atom is 0.124 e. The van der Waals surface area contributed by atoms with Crippen LogP contribution in [-0.4, -0.2) is 18.1 Å². The number of aromatic nitrogens is 1. The summed E-state index contributed by atoms with van der Waals surface area (Å²) in [6.07, 6.45) is 2.92. The zero-order valence-electron chi connectivity index (χ0n) is 14.0. The molecule has 1 saturated heterocycles. The Bertz CT molecular complexity index is 853. The van der Waals surface area contributed by atoms with Crippen molar-refractivity contribution in [2.75, 3.05) is 13.2 Å². The van der Waals surface area contributed by atoms with Gasteiger partial charge >= 0.3 is 0 Å². The van der Waals surface area contributed by atoms with Crippen molar-refractivity contribution in [1.29, 1.82) is 0 Å². The molecule has 2 aromatic carbocycles. The SMILES string of the molecule is Fc1cc(CNC[C@H]2CCO[C@@H]2c2ccccc2)c2ncccc2c1. The summed E-state index contributed by atoms with van der Waals surface area (Å²) >= 11 is 0. The highest BCUT2D eigenvalue weighted by molar-refractivity contribution is 5.81. The molecular formula is C21H21FN2O. The second kappa shape index (κ2) is 7.30. The Morgan fingerprint density at radius 3 is 2.88 bits per heavy atom. The van der Waals surface area contributed by atoms with Crippen LogP contribution in [0.15, 0.2) is 60.8 Å². The second-order valence-corrected chi connectivity index (χ2v) is 6.52. The number of halogens is 1. The summed E-state index contributed by atoms with van der Waals surface area (Å²) in [4.78, 5) is 4.40. The third-order valence-corrected chi connectivity index (χ3v) is 4.81. The smallest absolute Gasteiger partial charge is 0.124 e. The van der Waals surface area contributed by atoms with Crippen LogP contribution in [0.3, 0.4) is 0 Å². The van der Waals surface area contributed by atoms with E-state index in [4.69, 9.17) is 4.74 Å². The molecule has 3 nitrogen and oxygen atoms in total. The summed E-state index contributed by atoms with van der Waals surface area (Å²) in [7, 11) is 0. The topological polar surface area (TPSA) is 34.1 Å². The molecule has 0 aliphatic carbocycles. The second-order valence-electron chi connectivity index (χ2n) is 6.52. The van der Waals surface area contributed by atoms with Crippen molar-refractivity contribution in [2.24, 2.45) is 5.92 Å². The zero-order valence-corrected chi connectivity index (χ0v) is 14.0. The molecule has 3 aromatic rings. The number of nitrogens with zero attached hydrogens (tertiary/aromatic N) is 1. The van der Waals surface area contributed by atoms with Crippen LogP contribution in [0, 0.1) is 11.7 Å². The quantitative estimate of drug-likeness (QED) is 0.757. The van der Waals surface area contributed by atoms with E-state index in [9.17, 15) is 4.39 Å². The summed E-state index contributed by atoms with van der Waals surface area (Å²) in [5, 5.41) is 4.31. The monoisotopic (exact) mass is 336 g/mol. The lowest BCUT2D eigenvalue weighted by molar-refractivity contribution is 0.0904. The molecule has 0 unspecified atom stereocenters. The predicted octanol–water partition coefficient (Wildman–Crippen LogP) is 4.24. The summed E-state index contributed by atoms with van der Waals surface area (Å²) in [5.74, 6) is 0.207. The fraction of sp³-hybridized carbons (Fsp3) is 0.286. The molecule has 0 amide bonds. The number of pyridine rings is 1. The van der Waals surface area contributed by atoms with E-state index in [0.29, 0.717) is 12.5 Å². The standard InChI is InChI=1S/C21H21FN2O/c22-19-11-16-7-4-9-24-20(16)18(12-19)14-23-13-17-8-10-25-21(17)15-5-2-1-3-6-15/h1-7,9,11-12,17,21,23H,8,10,13-14H2/t17-,21-/m1/s1. The van der Waals surface area contributed by atoms with Gasteiger partial charge in [0.1, 0.15) is 5.82 Å². The Labute approximate surface area is 146 Å². The highest BCUT2D eigenvalue weighted by atomic mass is 19.1. The van der Waals surface area contributed by atoms with Crippen molar-refractivity contribution >= 4 is 10.9 Å². The van der Waals surface area contributed by atoms with Crippen LogP contribution in [0.25, 0.3) is 10.9 Å². The van der Waals surface area contributed by atoms with E-state index in [1.54, 1.807) is 12.3 Å². The van der Waals surface area contributed by atoms with Crippen molar-refractivity contribution in [1.82, 2.24) is 10.3 Å². The maximum atomic E-state index is 13.8. The zero-order chi connectivity index (χ0) is 17.1. The number of hydrogen-bond acceptors (Lipinski definition) is 3. The fourth-order valence-corrected chi connectivity index (χ4v) is 3.61. The molecule has 25 heavy (non-hydrogen) atoms. The maximum absolute atomic E-state index is 13.8. The van der Waals surface area contributed by atoms with Crippen molar-refractivity contribution in [3.05, 3.63) is 77.7 Å². The van der Waals surface area contributed by atoms with Crippen molar-refractivity contribution in [3.63, 3.8) is 0 Å². The largest absolute Gasteiger partial charge is 0.373 e. The first-order valence-electron chi connectivity index (χ1n) is 8.72. The van der Waals surface area contributed by atoms with Crippen molar-refractivity contribution in [2.45, 2.75) is 19.1 Å². The van der Waals surface area contributed by atoms with Crippen molar-refractivity contribution in [3.8, 4) is 0 Å². The molecule has 0 spiro atoms. The van der Waals surface area contributed by atoms with Gasteiger partial charge in [0.15, 0.2) is 0 Å². The van der Waals surface area contributed by atoms with Crippen molar-refractivity contribution < 1.29 is 9.13 Å². The number of hydrogen-bond donors (Lipinski definition) is 1. The van der Waals surface area contributed by atoms with Crippen LogP contribution in [0.1, 0.15) is 23.7 Å². The third-order valence-electron chi connectivity index (χ3n) is 4.81. The average molecular weight is 336 g/mol. The van der Waals surface area contributed by atoms with E-state index >= 15 is 0 Å². The predicted molar refractivity (Wildman–Crippen MR) is 96.6 cm³/mol. The Morgan fingerprint density at radius 1 is 1.12 bits per heavy atom. The lowest BCUT2D eigenvalue weighted by Crippen LogP contribution is -2.24. The van der Waals surface area contributed by atoms with E-state index in [-0.39, 0.29) is 11.9 Å². The molecule has 2 heterocycles. The number of ether oxygens (including phenoxy) is 1. The molecule has 1 aliphatic rings. The fourth-order valence-electron chi connectivity index (χ4n) is 3.61. The molecule has 1 aromatic heterocycles. The molecule has 1 N–H and O–H groups in total. The molecule has 0 bridgehead atoms. The van der Waals surface area contributed by atoms with E-state index < -0.39 is 0 Å². The average Bonchev–Trinajstić information content (AvgIpc) is 3.11. The minimum Gasteiger partial charge on any atom is -0.373 e. The first-order valence-corrected chi connectivity index (χ1v) is 8.72. The van der Waals surface area contributed by atoms with Gasteiger partial charge in [-0.1, -0.05) is 36.4 Å².